The molecule has 0 saturated heterocycles. The Morgan fingerprint density at radius 2 is 0.905 bits per heavy atom. The first-order chi connectivity index (χ1) is 9.27. The van der Waals surface area contributed by atoms with Crippen LogP contribution in [0.1, 0.15) is 110 Å². The Morgan fingerprint density at radius 1 is 0.619 bits per heavy atom. The van der Waals surface area contributed by atoms with Crippen molar-refractivity contribution in [2.24, 2.45) is 5.92 Å². The van der Waals surface area contributed by atoms with Crippen molar-refractivity contribution in [3.63, 3.8) is 0 Å². The molecular formula is C19H39ClMg. The summed E-state index contributed by atoms with van der Waals surface area (Å²) in [7, 11) is 0. The van der Waals surface area contributed by atoms with Gasteiger partial charge in [0.1, 0.15) is 0 Å². The minimum atomic E-state index is 0. The molecule has 0 N–H and O–H groups in total. The summed E-state index contributed by atoms with van der Waals surface area (Å²) in [6.07, 6.45) is 21.6. The quantitative estimate of drug-likeness (QED) is 0.243. The van der Waals surface area contributed by atoms with E-state index in [0.29, 0.717) is 5.92 Å². The molecule has 0 heterocycles. The van der Waals surface area contributed by atoms with Crippen LogP contribution in [0.15, 0.2) is 0 Å². The minimum absolute atomic E-state index is 0. The van der Waals surface area contributed by atoms with E-state index in [4.69, 9.17) is 0 Å². The Hall–Kier alpha value is 1.06. The van der Waals surface area contributed by atoms with Gasteiger partial charge in [-0.25, -0.2) is 0 Å². The van der Waals surface area contributed by atoms with Crippen molar-refractivity contribution < 1.29 is 12.4 Å². The van der Waals surface area contributed by atoms with Crippen LogP contribution in [0.25, 0.3) is 0 Å². The zero-order chi connectivity index (χ0) is 14.2. The van der Waals surface area contributed by atoms with Crippen molar-refractivity contribution in [2.75, 3.05) is 0 Å². The molecule has 0 aliphatic heterocycles. The summed E-state index contributed by atoms with van der Waals surface area (Å²) >= 11 is 0. The van der Waals surface area contributed by atoms with Crippen molar-refractivity contribution >= 4 is 23.1 Å². The molecule has 0 fully saturated rings. The number of hydrogen-bond donors (Lipinski definition) is 0. The summed E-state index contributed by atoms with van der Waals surface area (Å²) in [5, 5.41) is 0. The molecule has 0 amide bonds. The Morgan fingerprint density at radius 3 is 1.19 bits per heavy atom. The van der Waals surface area contributed by atoms with Crippen LogP contribution in [0, 0.1) is 12.8 Å². The van der Waals surface area contributed by atoms with E-state index in [-0.39, 0.29) is 35.5 Å². The maximum atomic E-state index is 4.04. The molecule has 1 atom stereocenters. The number of unbranched alkanes of at least 4 members (excludes halogenated alkanes) is 13. The molecular weight excluding hydrogens is 288 g/mol. The van der Waals surface area contributed by atoms with Gasteiger partial charge in [0.2, 0.25) is 0 Å². The molecule has 0 rings (SSSR count). The first-order valence-corrected chi connectivity index (χ1v) is 9.10. The predicted molar refractivity (Wildman–Crippen MR) is 95.2 cm³/mol. The molecule has 0 radical (unpaired) electrons. The zero-order valence-electron chi connectivity index (χ0n) is 15.0. The van der Waals surface area contributed by atoms with E-state index >= 15 is 0 Å². The van der Waals surface area contributed by atoms with E-state index in [1.807, 2.05) is 0 Å². The van der Waals surface area contributed by atoms with Gasteiger partial charge in [0.15, 0.2) is 0 Å². The second-order valence-corrected chi connectivity index (χ2v) is 6.49. The standard InChI is InChI=1S/C19H39.ClH.Mg/c1-4-5-6-7-8-9-10-11-12-13-14-15-16-17-18-19(2)3;;/h19H,2,4-18H2,1,3H3;1H;/q-1;;+2/p-1. The Bertz CT molecular complexity index is 160. The molecule has 0 aromatic heterocycles. The van der Waals surface area contributed by atoms with Crippen molar-refractivity contribution in [3.8, 4) is 0 Å². The number of halogens is 1. The van der Waals surface area contributed by atoms with Gasteiger partial charge in [0.25, 0.3) is 0 Å². The smallest absolute Gasteiger partial charge is 1.00 e. The largest absolute Gasteiger partial charge is 2.00 e. The van der Waals surface area contributed by atoms with Gasteiger partial charge in [-0.15, -0.1) is 0 Å². The number of hydrogen-bond acceptors (Lipinski definition) is 0. The molecule has 2 heteroatoms. The summed E-state index contributed by atoms with van der Waals surface area (Å²) in [6.45, 7) is 8.55. The van der Waals surface area contributed by atoms with Crippen LogP contribution in [0.3, 0.4) is 0 Å². The zero-order valence-corrected chi connectivity index (χ0v) is 17.1. The fraction of sp³-hybridized carbons (Fsp3) is 0.947. The molecule has 21 heavy (non-hydrogen) atoms. The monoisotopic (exact) mass is 326 g/mol. The number of rotatable bonds is 15. The summed E-state index contributed by atoms with van der Waals surface area (Å²) in [4.78, 5) is 0. The third-order valence-electron chi connectivity index (χ3n) is 4.05. The maximum Gasteiger partial charge on any atom is 2.00 e. The van der Waals surface area contributed by atoms with Gasteiger partial charge in [-0.3, -0.25) is 0 Å². The Labute approximate surface area is 158 Å². The van der Waals surface area contributed by atoms with Crippen LogP contribution in [0.2, 0.25) is 0 Å². The van der Waals surface area contributed by atoms with E-state index in [2.05, 4.69) is 20.8 Å². The van der Waals surface area contributed by atoms with Crippen molar-refractivity contribution in [3.05, 3.63) is 6.92 Å². The molecule has 0 spiro atoms. The van der Waals surface area contributed by atoms with Crippen LogP contribution < -0.4 is 12.4 Å². The fourth-order valence-electron chi connectivity index (χ4n) is 2.69. The van der Waals surface area contributed by atoms with E-state index in [0.717, 1.165) is 0 Å². The van der Waals surface area contributed by atoms with Crippen molar-refractivity contribution in [1.29, 1.82) is 0 Å². The average molecular weight is 327 g/mol. The summed E-state index contributed by atoms with van der Waals surface area (Å²) in [5.41, 5.74) is 0. The second-order valence-electron chi connectivity index (χ2n) is 6.49. The van der Waals surface area contributed by atoms with Gasteiger partial charge in [-0.1, -0.05) is 110 Å². The van der Waals surface area contributed by atoms with Gasteiger partial charge in [0.05, 0.1) is 0 Å². The molecule has 0 aromatic carbocycles. The first kappa shape index (κ1) is 26.9. The molecule has 0 aliphatic carbocycles. The Kier molecular flexibility index (Phi) is 29.9. The van der Waals surface area contributed by atoms with Gasteiger partial charge in [-0.05, 0) is 0 Å². The van der Waals surface area contributed by atoms with Crippen LogP contribution in [0.4, 0.5) is 0 Å². The first-order valence-electron chi connectivity index (χ1n) is 9.10. The molecule has 0 aliphatic rings. The molecule has 1 unspecified atom stereocenters. The molecule has 0 bridgehead atoms. The third-order valence-corrected chi connectivity index (χ3v) is 4.05. The van der Waals surface area contributed by atoms with Crippen LogP contribution in [0.5, 0.6) is 0 Å². The SMILES string of the molecule is [CH2-]C(C)CCCCCCCCCCCCCCCC.[Cl-].[Mg+2]. The fourth-order valence-corrected chi connectivity index (χ4v) is 2.69. The van der Waals surface area contributed by atoms with E-state index in [1.165, 1.54) is 96.3 Å². The van der Waals surface area contributed by atoms with E-state index < -0.39 is 0 Å². The summed E-state index contributed by atoms with van der Waals surface area (Å²) < 4.78 is 0. The third kappa shape index (κ3) is 26.3. The molecule has 0 aromatic rings. The van der Waals surface area contributed by atoms with Crippen molar-refractivity contribution in [1.82, 2.24) is 0 Å². The van der Waals surface area contributed by atoms with Crippen LogP contribution in [-0.4, -0.2) is 23.1 Å². The van der Waals surface area contributed by atoms with E-state index in [9.17, 15) is 0 Å². The van der Waals surface area contributed by atoms with Crippen molar-refractivity contribution in [2.45, 2.75) is 110 Å². The van der Waals surface area contributed by atoms with E-state index in [1.54, 1.807) is 0 Å². The predicted octanol–water partition coefficient (Wildman–Crippen LogP) is 3.95. The molecule has 0 nitrogen and oxygen atoms in total. The summed E-state index contributed by atoms with van der Waals surface area (Å²) in [6, 6.07) is 0. The normalized spacial score (nSPS) is 11.6. The molecule has 0 saturated carbocycles. The maximum absolute atomic E-state index is 4.04. The van der Waals surface area contributed by atoms with Gasteiger partial charge >= 0.3 is 23.1 Å². The van der Waals surface area contributed by atoms with Gasteiger partial charge in [-0.2, -0.15) is 5.92 Å². The summed E-state index contributed by atoms with van der Waals surface area (Å²) in [5.74, 6) is 0.650. The minimum Gasteiger partial charge on any atom is -1.00 e. The van der Waals surface area contributed by atoms with Crippen LogP contribution >= 0.6 is 0 Å². The van der Waals surface area contributed by atoms with Crippen LogP contribution in [-0.2, 0) is 0 Å². The molecule has 124 valence electrons. The average Bonchev–Trinajstić information content (AvgIpc) is 2.39. The van der Waals surface area contributed by atoms with Gasteiger partial charge in [0, 0.05) is 0 Å². The van der Waals surface area contributed by atoms with Gasteiger partial charge < -0.3 is 19.3 Å². The second kappa shape index (κ2) is 23.3. The topological polar surface area (TPSA) is 0 Å². The Balaban J connectivity index is -0.00000162.